The molecule has 0 spiro atoms. The van der Waals surface area contributed by atoms with Crippen LogP contribution in [0.5, 0.6) is 0 Å². The molecular weight excluding hydrogens is 256 g/mol. The standard InChI is InChI=1S/C15H20N2O3/c1-9(17)13(7-16)14(18)8-20-15(19)6-12-5-10-2-3-11(12)4-10/h10-13,17H,2-6,8H2,1H3/t10-,11+,12-,13?/m1/s1. The summed E-state index contributed by atoms with van der Waals surface area (Å²) < 4.78 is 4.97. The monoisotopic (exact) mass is 276 g/mol. The van der Waals surface area contributed by atoms with E-state index in [1.165, 1.54) is 26.2 Å². The molecule has 2 rings (SSSR count). The summed E-state index contributed by atoms with van der Waals surface area (Å²) >= 11 is 0. The molecule has 4 atom stereocenters. The van der Waals surface area contributed by atoms with Crippen molar-refractivity contribution in [3.63, 3.8) is 0 Å². The van der Waals surface area contributed by atoms with Gasteiger partial charge in [-0.15, -0.1) is 0 Å². The molecule has 1 unspecified atom stereocenters. The Hall–Kier alpha value is -1.70. The summed E-state index contributed by atoms with van der Waals surface area (Å²) in [6, 6.07) is 1.75. The van der Waals surface area contributed by atoms with Gasteiger partial charge < -0.3 is 10.1 Å². The first-order chi connectivity index (χ1) is 9.51. The van der Waals surface area contributed by atoms with Crippen LogP contribution >= 0.6 is 0 Å². The van der Waals surface area contributed by atoms with Gasteiger partial charge in [-0.3, -0.25) is 9.59 Å². The van der Waals surface area contributed by atoms with Crippen molar-refractivity contribution in [3.05, 3.63) is 0 Å². The molecule has 2 aliphatic rings. The summed E-state index contributed by atoms with van der Waals surface area (Å²) in [5, 5.41) is 16.1. The van der Waals surface area contributed by atoms with Gasteiger partial charge in [0.2, 0.25) is 0 Å². The third kappa shape index (κ3) is 3.24. The fraction of sp³-hybridized carbons (Fsp3) is 0.733. The van der Waals surface area contributed by atoms with Crippen LogP contribution in [0.2, 0.25) is 0 Å². The summed E-state index contributed by atoms with van der Waals surface area (Å²) in [6.07, 6.45) is 5.23. The van der Waals surface area contributed by atoms with Crippen molar-refractivity contribution in [2.45, 2.75) is 39.0 Å². The average Bonchev–Trinajstić information content (AvgIpc) is 2.99. The van der Waals surface area contributed by atoms with Gasteiger partial charge in [0.15, 0.2) is 12.4 Å². The molecule has 108 valence electrons. The van der Waals surface area contributed by atoms with Gasteiger partial charge in [0, 0.05) is 12.1 Å². The first-order valence-corrected chi connectivity index (χ1v) is 7.14. The van der Waals surface area contributed by atoms with Gasteiger partial charge >= 0.3 is 5.97 Å². The van der Waals surface area contributed by atoms with Gasteiger partial charge in [-0.05, 0) is 43.9 Å². The van der Waals surface area contributed by atoms with Crippen LogP contribution in [0.15, 0.2) is 0 Å². The van der Waals surface area contributed by atoms with Crippen LogP contribution in [-0.4, -0.2) is 24.1 Å². The Labute approximate surface area is 118 Å². The highest BCUT2D eigenvalue weighted by molar-refractivity contribution is 6.05. The number of nitriles is 1. The lowest BCUT2D eigenvalue weighted by Gasteiger charge is -2.20. The highest BCUT2D eigenvalue weighted by Crippen LogP contribution is 2.49. The molecule has 0 aromatic rings. The molecule has 0 amide bonds. The Morgan fingerprint density at radius 1 is 1.40 bits per heavy atom. The maximum absolute atomic E-state index is 11.7. The van der Waals surface area contributed by atoms with E-state index in [9.17, 15) is 9.59 Å². The summed E-state index contributed by atoms with van der Waals surface area (Å²) in [4.78, 5) is 23.4. The Morgan fingerprint density at radius 3 is 2.65 bits per heavy atom. The van der Waals surface area contributed by atoms with E-state index in [1.807, 2.05) is 0 Å². The number of fused-ring (bicyclic) bond motifs is 2. The number of esters is 1. The molecule has 0 saturated heterocycles. The van der Waals surface area contributed by atoms with E-state index in [0.717, 1.165) is 12.3 Å². The Morgan fingerprint density at radius 2 is 2.15 bits per heavy atom. The lowest BCUT2D eigenvalue weighted by Crippen LogP contribution is -2.26. The second-order valence-corrected chi connectivity index (χ2v) is 6.01. The third-order valence-electron chi connectivity index (χ3n) is 4.57. The number of rotatable bonds is 6. The zero-order valence-electron chi connectivity index (χ0n) is 11.7. The summed E-state index contributed by atoms with van der Waals surface area (Å²) in [5.41, 5.74) is -0.0124. The van der Waals surface area contributed by atoms with Crippen LogP contribution in [-0.2, 0) is 14.3 Å². The lowest BCUT2D eigenvalue weighted by molar-refractivity contribution is -0.149. The van der Waals surface area contributed by atoms with E-state index < -0.39 is 18.3 Å². The average molecular weight is 276 g/mol. The number of hydrogen-bond acceptors (Lipinski definition) is 5. The third-order valence-corrected chi connectivity index (χ3v) is 4.57. The normalized spacial score (nSPS) is 28.7. The quantitative estimate of drug-likeness (QED) is 0.594. The molecule has 0 aromatic carbocycles. The van der Waals surface area contributed by atoms with Crippen molar-refractivity contribution in [3.8, 4) is 6.07 Å². The maximum Gasteiger partial charge on any atom is 0.306 e. The van der Waals surface area contributed by atoms with E-state index in [-0.39, 0.29) is 11.7 Å². The summed E-state index contributed by atoms with van der Waals surface area (Å²) in [7, 11) is 0. The Bertz CT molecular complexity index is 466. The van der Waals surface area contributed by atoms with E-state index in [4.69, 9.17) is 15.4 Å². The molecule has 5 heteroatoms. The number of nitrogens with zero attached hydrogens (tertiary/aromatic N) is 1. The second kappa shape index (κ2) is 6.17. The number of carbonyl (C=O) groups excluding carboxylic acids is 2. The smallest absolute Gasteiger partial charge is 0.306 e. The molecule has 0 radical (unpaired) electrons. The van der Waals surface area contributed by atoms with Crippen LogP contribution in [0.4, 0.5) is 0 Å². The number of hydrogen-bond donors (Lipinski definition) is 1. The second-order valence-electron chi connectivity index (χ2n) is 6.01. The lowest BCUT2D eigenvalue weighted by atomic mass is 9.86. The molecule has 2 aliphatic carbocycles. The number of carbonyl (C=O) groups is 2. The minimum Gasteiger partial charge on any atom is -0.458 e. The highest BCUT2D eigenvalue weighted by Gasteiger charge is 2.40. The van der Waals surface area contributed by atoms with E-state index in [0.29, 0.717) is 18.3 Å². The molecule has 2 bridgehead atoms. The van der Waals surface area contributed by atoms with Crippen molar-refractivity contribution in [1.29, 1.82) is 10.7 Å². The maximum atomic E-state index is 11.7. The predicted molar refractivity (Wildman–Crippen MR) is 72.0 cm³/mol. The van der Waals surface area contributed by atoms with E-state index in [2.05, 4.69) is 0 Å². The van der Waals surface area contributed by atoms with Crippen molar-refractivity contribution in [2.24, 2.45) is 23.7 Å². The minimum absolute atomic E-state index is 0.0124. The molecule has 2 fully saturated rings. The minimum atomic E-state index is -1.09. The molecule has 0 heterocycles. The van der Waals surface area contributed by atoms with Crippen LogP contribution < -0.4 is 0 Å². The van der Waals surface area contributed by atoms with E-state index >= 15 is 0 Å². The Kier molecular flexibility index (Phi) is 4.53. The van der Waals surface area contributed by atoms with Gasteiger partial charge in [0.25, 0.3) is 0 Å². The molecule has 5 nitrogen and oxygen atoms in total. The first kappa shape index (κ1) is 14.7. The highest BCUT2D eigenvalue weighted by atomic mass is 16.5. The predicted octanol–water partition coefficient (Wildman–Crippen LogP) is 2.10. The zero-order valence-corrected chi connectivity index (χ0v) is 11.7. The van der Waals surface area contributed by atoms with Crippen LogP contribution in [0.25, 0.3) is 0 Å². The fourth-order valence-corrected chi connectivity index (χ4v) is 3.54. The largest absolute Gasteiger partial charge is 0.458 e. The summed E-state index contributed by atoms with van der Waals surface area (Å²) in [6.45, 7) is 1.01. The molecular formula is C15H20N2O3. The fourth-order valence-electron chi connectivity index (χ4n) is 3.54. The van der Waals surface area contributed by atoms with Crippen molar-refractivity contribution in [1.82, 2.24) is 0 Å². The topological polar surface area (TPSA) is 91.0 Å². The van der Waals surface area contributed by atoms with Gasteiger partial charge in [-0.1, -0.05) is 6.42 Å². The van der Waals surface area contributed by atoms with Crippen LogP contribution in [0.1, 0.15) is 39.0 Å². The first-order valence-electron chi connectivity index (χ1n) is 7.14. The summed E-state index contributed by atoms with van der Waals surface area (Å²) in [5.74, 6) is -0.115. The SMILES string of the molecule is CC(=N)C(C#N)C(=O)COC(=O)C[C@H]1C[C@@H]2CC[C@H]1C2. The van der Waals surface area contributed by atoms with Crippen LogP contribution in [0, 0.1) is 40.4 Å². The number of Topliss-reactive ketones (excluding diaryl/α,β-unsaturated/α-hetero) is 1. The molecule has 0 aromatic heterocycles. The molecule has 2 saturated carbocycles. The molecule has 20 heavy (non-hydrogen) atoms. The van der Waals surface area contributed by atoms with Gasteiger partial charge in [0.05, 0.1) is 6.07 Å². The van der Waals surface area contributed by atoms with Gasteiger partial charge in [-0.25, -0.2) is 0 Å². The molecule has 0 aliphatic heterocycles. The molecule has 1 N–H and O–H groups in total. The van der Waals surface area contributed by atoms with Crippen molar-refractivity contribution >= 4 is 17.5 Å². The van der Waals surface area contributed by atoms with Gasteiger partial charge in [0.1, 0.15) is 5.92 Å². The number of ether oxygens (including phenoxy) is 1. The van der Waals surface area contributed by atoms with Crippen molar-refractivity contribution < 1.29 is 14.3 Å². The Balaban J connectivity index is 1.74. The van der Waals surface area contributed by atoms with Crippen molar-refractivity contribution in [2.75, 3.05) is 6.61 Å². The van der Waals surface area contributed by atoms with E-state index in [1.54, 1.807) is 6.07 Å². The number of ketones is 1. The number of nitrogens with one attached hydrogen (secondary N) is 1. The van der Waals surface area contributed by atoms with Gasteiger partial charge in [-0.2, -0.15) is 5.26 Å². The van der Waals surface area contributed by atoms with Crippen LogP contribution in [0.3, 0.4) is 0 Å². The zero-order chi connectivity index (χ0) is 14.7.